The summed E-state index contributed by atoms with van der Waals surface area (Å²) >= 11 is 9.15. The first-order valence-corrected chi connectivity index (χ1v) is 6.65. The van der Waals surface area contributed by atoms with Crippen molar-refractivity contribution in [2.75, 3.05) is 5.32 Å². The van der Waals surface area contributed by atoms with E-state index in [2.05, 4.69) is 21.2 Å². The zero-order valence-corrected chi connectivity index (χ0v) is 12.1. The molecule has 2 rings (SSSR count). The molecule has 0 unspecified atom stereocenters. The summed E-state index contributed by atoms with van der Waals surface area (Å²) < 4.78 is 0.994. The van der Waals surface area contributed by atoms with Crippen molar-refractivity contribution < 1.29 is 4.92 Å². The predicted octanol–water partition coefficient (Wildman–Crippen LogP) is 4.62. The molecule has 2 aromatic carbocycles. The van der Waals surface area contributed by atoms with E-state index in [0.29, 0.717) is 12.2 Å². The molecule has 0 atom stereocenters. The van der Waals surface area contributed by atoms with Crippen molar-refractivity contribution in [3.63, 3.8) is 0 Å². The number of nitrogens with one attached hydrogen (secondary N) is 1. The molecule has 0 spiro atoms. The van der Waals surface area contributed by atoms with Gasteiger partial charge < -0.3 is 5.32 Å². The van der Waals surface area contributed by atoms with Gasteiger partial charge in [-0.25, -0.2) is 0 Å². The van der Waals surface area contributed by atoms with Gasteiger partial charge in [-0.05, 0) is 29.8 Å². The smallest absolute Gasteiger partial charge is 0.289 e. The Balaban J connectivity index is 2.12. The maximum atomic E-state index is 10.8. The first-order chi connectivity index (χ1) is 9.06. The Labute approximate surface area is 123 Å². The van der Waals surface area contributed by atoms with Gasteiger partial charge in [-0.1, -0.05) is 39.7 Å². The second kappa shape index (κ2) is 6.04. The molecule has 19 heavy (non-hydrogen) atoms. The van der Waals surface area contributed by atoms with Crippen LogP contribution < -0.4 is 5.32 Å². The van der Waals surface area contributed by atoms with Crippen molar-refractivity contribution in [2.24, 2.45) is 0 Å². The third kappa shape index (κ3) is 3.68. The highest BCUT2D eigenvalue weighted by molar-refractivity contribution is 9.10. The normalized spacial score (nSPS) is 10.2. The molecule has 2 aromatic rings. The van der Waals surface area contributed by atoms with Crippen LogP contribution in [0.1, 0.15) is 5.56 Å². The average molecular weight is 342 g/mol. The number of nitrogens with zero attached hydrogens (tertiary/aromatic N) is 1. The Morgan fingerprint density at radius 1 is 1.26 bits per heavy atom. The molecule has 0 aromatic heterocycles. The summed E-state index contributed by atoms with van der Waals surface area (Å²) in [7, 11) is 0. The molecule has 4 nitrogen and oxygen atoms in total. The van der Waals surface area contributed by atoms with Crippen LogP contribution in [0.2, 0.25) is 5.02 Å². The van der Waals surface area contributed by atoms with Crippen LogP contribution in [-0.2, 0) is 6.54 Å². The highest BCUT2D eigenvalue weighted by Gasteiger charge is 2.12. The number of nitro benzene ring substituents is 1. The maximum absolute atomic E-state index is 10.8. The van der Waals surface area contributed by atoms with Gasteiger partial charge in [-0.15, -0.1) is 0 Å². The van der Waals surface area contributed by atoms with Crippen molar-refractivity contribution >= 4 is 38.9 Å². The van der Waals surface area contributed by atoms with Gasteiger partial charge in [0, 0.05) is 22.8 Å². The molecule has 0 fully saturated rings. The van der Waals surface area contributed by atoms with E-state index in [1.165, 1.54) is 12.1 Å². The fourth-order valence-corrected chi connectivity index (χ4v) is 2.25. The highest BCUT2D eigenvalue weighted by atomic mass is 79.9. The molecular weight excluding hydrogens is 332 g/mol. The molecular formula is C13H10BrClN2O2. The van der Waals surface area contributed by atoms with E-state index >= 15 is 0 Å². The molecule has 0 aliphatic carbocycles. The van der Waals surface area contributed by atoms with Gasteiger partial charge in [-0.3, -0.25) is 10.1 Å². The van der Waals surface area contributed by atoms with Gasteiger partial charge >= 0.3 is 0 Å². The number of hydrogen-bond donors (Lipinski definition) is 1. The van der Waals surface area contributed by atoms with Gasteiger partial charge in [0.1, 0.15) is 5.02 Å². The predicted molar refractivity (Wildman–Crippen MR) is 79.6 cm³/mol. The van der Waals surface area contributed by atoms with Crippen molar-refractivity contribution in [3.8, 4) is 0 Å². The molecule has 0 heterocycles. The molecule has 0 aliphatic heterocycles. The summed E-state index contributed by atoms with van der Waals surface area (Å²) in [5.41, 5.74) is 1.64. The third-order valence-electron chi connectivity index (χ3n) is 2.53. The van der Waals surface area contributed by atoms with E-state index in [9.17, 15) is 10.1 Å². The van der Waals surface area contributed by atoms with Crippen LogP contribution in [0.4, 0.5) is 11.4 Å². The van der Waals surface area contributed by atoms with Crippen LogP contribution in [-0.4, -0.2) is 4.92 Å². The summed E-state index contributed by atoms with van der Waals surface area (Å²) in [6.07, 6.45) is 0. The first kappa shape index (κ1) is 13.8. The van der Waals surface area contributed by atoms with Crippen LogP contribution in [0.5, 0.6) is 0 Å². The number of anilines is 1. The van der Waals surface area contributed by atoms with Crippen LogP contribution in [0.3, 0.4) is 0 Å². The molecule has 0 aliphatic rings. The van der Waals surface area contributed by atoms with Gasteiger partial charge in [0.05, 0.1) is 4.92 Å². The zero-order valence-electron chi connectivity index (χ0n) is 9.77. The molecule has 0 amide bonds. The quantitative estimate of drug-likeness (QED) is 0.652. The monoisotopic (exact) mass is 340 g/mol. The van der Waals surface area contributed by atoms with E-state index in [0.717, 1.165) is 10.0 Å². The molecule has 1 N–H and O–H groups in total. The number of hydrogen-bond acceptors (Lipinski definition) is 3. The summed E-state index contributed by atoms with van der Waals surface area (Å²) in [4.78, 5) is 10.3. The first-order valence-electron chi connectivity index (χ1n) is 5.48. The summed E-state index contributed by atoms with van der Waals surface area (Å²) in [5, 5.41) is 14.0. The fourth-order valence-electron chi connectivity index (χ4n) is 1.61. The summed E-state index contributed by atoms with van der Waals surface area (Å²) in [6.45, 7) is 0.582. The second-order valence-electron chi connectivity index (χ2n) is 3.91. The number of halogens is 2. The van der Waals surface area contributed by atoms with Crippen LogP contribution in [0.15, 0.2) is 46.9 Å². The molecule has 98 valence electrons. The lowest BCUT2D eigenvalue weighted by Crippen LogP contribution is -2.00. The van der Waals surface area contributed by atoms with Crippen LogP contribution >= 0.6 is 27.5 Å². The average Bonchev–Trinajstić information content (AvgIpc) is 2.37. The minimum Gasteiger partial charge on any atom is -0.381 e. The SMILES string of the molecule is O=[N+]([O-])c1cc(NCc2cccc(Br)c2)ccc1Cl. The van der Waals surface area contributed by atoms with E-state index in [1.807, 2.05) is 24.3 Å². The van der Waals surface area contributed by atoms with Gasteiger partial charge in [0.2, 0.25) is 0 Å². The zero-order chi connectivity index (χ0) is 13.8. The molecule has 6 heteroatoms. The van der Waals surface area contributed by atoms with E-state index in [4.69, 9.17) is 11.6 Å². The Hall–Kier alpha value is -1.59. The van der Waals surface area contributed by atoms with E-state index < -0.39 is 4.92 Å². The number of nitro groups is 1. The lowest BCUT2D eigenvalue weighted by atomic mass is 10.2. The molecule has 0 bridgehead atoms. The largest absolute Gasteiger partial charge is 0.381 e. The minimum atomic E-state index is -0.493. The van der Waals surface area contributed by atoms with Crippen LogP contribution in [0, 0.1) is 10.1 Å². The lowest BCUT2D eigenvalue weighted by molar-refractivity contribution is -0.384. The van der Waals surface area contributed by atoms with Crippen molar-refractivity contribution in [1.29, 1.82) is 0 Å². The van der Waals surface area contributed by atoms with Crippen molar-refractivity contribution in [1.82, 2.24) is 0 Å². The third-order valence-corrected chi connectivity index (χ3v) is 3.34. The van der Waals surface area contributed by atoms with E-state index in [-0.39, 0.29) is 10.7 Å². The Morgan fingerprint density at radius 2 is 2.05 bits per heavy atom. The number of rotatable bonds is 4. The lowest BCUT2D eigenvalue weighted by Gasteiger charge is -2.07. The van der Waals surface area contributed by atoms with Gasteiger partial charge in [-0.2, -0.15) is 0 Å². The van der Waals surface area contributed by atoms with Crippen molar-refractivity contribution in [2.45, 2.75) is 6.54 Å². The topological polar surface area (TPSA) is 55.2 Å². The highest BCUT2D eigenvalue weighted by Crippen LogP contribution is 2.27. The molecule has 0 radical (unpaired) electrons. The van der Waals surface area contributed by atoms with Gasteiger partial charge in [0.25, 0.3) is 5.69 Å². The Morgan fingerprint density at radius 3 is 2.74 bits per heavy atom. The number of benzene rings is 2. The molecule has 0 saturated heterocycles. The summed E-state index contributed by atoms with van der Waals surface area (Å²) in [5.74, 6) is 0. The van der Waals surface area contributed by atoms with E-state index in [1.54, 1.807) is 6.07 Å². The van der Waals surface area contributed by atoms with Crippen LogP contribution in [0.25, 0.3) is 0 Å². The maximum Gasteiger partial charge on any atom is 0.289 e. The Kier molecular flexibility index (Phi) is 4.39. The summed E-state index contributed by atoms with van der Waals surface area (Å²) in [6, 6.07) is 12.5. The minimum absolute atomic E-state index is 0.0964. The standard InChI is InChI=1S/C13H10BrClN2O2/c14-10-3-1-2-9(6-10)8-16-11-4-5-12(15)13(7-11)17(18)19/h1-7,16H,8H2. The fraction of sp³-hybridized carbons (Fsp3) is 0.0769. The second-order valence-corrected chi connectivity index (χ2v) is 5.23. The molecule has 0 saturated carbocycles. The Bertz CT molecular complexity index is 619. The van der Waals surface area contributed by atoms with Crippen molar-refractivity contribution in [3.05, 3.63) is 67.6 Å². The van der Waals surface area contributed by atoms with Gasteiger partial charge in [0.15, 0.2) is 0 Å².